The van der Waals surface area contributed by atoms with Crippen molar-refractivity contribution < 1.29 is 9.53 Å². The van der Waals surface area contributed by atoms with Gasteiger partial charge in [0, 0.05) is 11.9 Å². The first kappa shape index (κ1) is 10.8. The molecular formula is C11H11ClO2. The zero-order valence-electron chi connectivity index (χ0n) is 7.87. The second kappa shape index (κ2) is 5.45. The lowest BCUT2D eigenvalue weighted by Crippen LogP contribution is -1.97. The number of hydrogen-bond donors (Lipinski definition) is 0. The topological polar surface area (TPSA) is 26.3 Å². The van der Waals surface area contributed by atoms with E-state index in [1.165, 1.54) is 6.92 Å². The maximum absolute atomic E-state index is 10.4. The maximum atomic E-state index is 10.4. The largest absolute Gasteiger partial charge is 0.462 e. The molecule has 0 radical (unpaired) electrons. The zero-order chi connectivity index (χ0) is 10.4. The summed E-state index contributed by atoms with van der Waals surface area (Å²) in [6, 6.07) is 7.47. The summed E-state index contributed by atoms with van der Waals surface area (Å²) in [7, 11) is 0. The van der Waals surface area contributed by atoms with E-state index in [-0.39, 0.29) is 12.6 Å². The second-order valence-corrected chi connectivity index (χ2v) is 3.13. The van der Waals surface area contributed by atoms with Crippen LogP contribution in [0, 0.1) is 0 Å². The Labute approximate surface area is 88.1 Å². The van der Waals surface area contributed by atoms with E-state index >= 15 is 0 Å². The third-order valence-electron chi connectivity index (χ3n) is 1.59. The summed E-state index contributed by atoms with van der Waals surface area (Å²) < 4.78 is 4.73. The molecule has 0 spiro atoms. The van der Waals surface area contributed by atoms with Gasteiger partial charge < -0.3 is 4.74 Å². The summed E-state index contributed by atoms with van der Waals surface area (Å²) in [6.45, 7) is 1.66. The molecule has 0 aliphatic rings. The predicted octanol–water partition coefficient (Wildman–Crippen LogP) is 2.92. The molecule has 0 amide bonds. The van der Waals surface area contributed by atoms with Crippen LogP contribution in [0.5, 0.6) is 0 Å². The molecule has 0 aliphatic heterocycles. The van der Waals surface area contributed by atoms with Gasteiger partial charge in [0.1, 0.15) is 6.61 Å². The van der Waals surface area contributed by atoms with Crippen LogP contribution in [0.4, 0.5) is 0 Å². The van der Waals surface area contributed by atoms with E-state index in [2.05, 4.69) is 0 Å². The van der Waals surface area contributed by atoms with Gasteiger partial charge in [-0.25, -0.2) is 0 Å². The van der Waals surface area contributed by atoms with Crippen LogP contribution in [-0.2, 0) is 9.53 Å². The summed E-state index contributed by atoms with van der Waals surface area (Å²) in [5, 5.41) is 0.687. The van der Waals surface area contributed by atoms with Gasteiger partial charge in [-0.05, 0) is 17.7 Å². The molecule has 0 saturated heterocycles. The molecule has 0 bridgehead atoms. The molecule has 0 fully saturated rings. The Kier molecular flexibility index (Phi) is 4.20. The van der Waals surface area contributed by atoms with Gasteiger partial charge in [-0.2, -0.15) is 0 Å². The number of halogens is 1. The van der Waals surface area contributed by atoms with Gasteiger partial charge in [0.15, 0.2) is 0 Å². The molecule has 0 heterocycles. The van der Waals surface area contributed by atoms with Crippen LogP contribution >= 0.6 is 11.6 Å². The molecule has 0 atom stereocenters. The number of hydrogen-bond acceptors (Lipinski definition) is 2. The van der Waals surface area contributed by atoms with Crippen molar-refractivity contribution in [3.05, 3.63) is 40.9 Å². The van der Waals surface area contributed by atoms with Gasteiger partial charge >= 0.3 is 5.97 Å². The lowest BCUT2D eigenvalue weighted by molar-refractivity contribution is -0.139. The second-order valence-electron chi connectivity index (χ2n) is 2.73. The van der Waals surface area contributed by atoms with Gasteiger partial charge in [0.05, 0.1) is 0 Å². The lowest BCUT2D eigenvalue weighted by atomic mass is 10.2. The highest BCUT2D eigenvalue weighted by molar-refractivity contribution is 6.32. The number of ether oxygens (including phenoxy) is 1. The molecule has 1 aromatic rings. The Hall–Kier alpha value is -1.28. The lowest BCUT2D eigenvalue weighted by Gasteiger charge is -1.97. The molecule has 0 aromatic heterocycles. The number of carbonyl (C=O) groups excluding carboxylic acids is 1. The van der Waals surface area contributed by atoms with Gasteiger partial charge in [-0.15, -0.1) is 0 Å². The first-order valence-corrected chi connectivity index (χ1v) is 4.62. The van der Waals surface area contributed by atoms with Crippen LogP contribution in [0.25, 0.3) is 6.08 Å². The van der Waals surface area contributed by atoms with Crippen molar-refractivity contribution >= 4 is 23.6 Å². The fraction of sp³-hybridized carbons (Fsp3) is 0.182. The van der Waals surface area contributed by atoms with Crippen molar-refractivity contribution in [2.75, 3.05) is 6.61 Å². The monoisotopic (exact) mass is 210 g/mol. The van der Waals surface area contributed by atoms with Crippen molar-refractivity contribution in [1.29, 1.82) is 0 Å². The molecule has 14 heavy (non-hydrogen) atoms. The summed E-state index contributed by atoms with van der Waals surface area (Å²) >= 11 is 5.91. The highest BCUT2D eigenvalue weighted by Gasteiger charge is 1.93. The predicted molar refractivity (Wildman–Crippen MR) is 57.1 cm³/mol. The normalized spacial score (nSPS) is 10.4. The first-order valence-electron chi connectivity index (χ1n) is 4.24. The van der Waals surface area contributed by atoms with Crippen molar-refractivity contribution in [2.24, 2.45) is 0 Å². The standard InChI is InChI=1S/C11H11ClO2/c1-9(13)14-8-4-6-10-5-2-3-7-11(10)12/h2-7H,8H2,1H3. The van der Waals surface area contributed by atoms with Crippen molar-refractivity contribution in [2.45, 2.75) is 6.92 Å². The van der Waals surface area contributed by atoms with Gasteiger partial charge in [0.25, 0.3) is 0 Å². The fourth-order valence-corrected chi connectivity index (χ4v) is 1.15. The Bertz CT molecular complexity index is 345. The molecule has 0 N–H and O–H groups in total. The third-order valence-corrected chi connectivity index (χ3v) is 1.93. The highest BCUT2D eigenvalue weighted by atomic mass is 35.5. The first-order chi connectivity index (χ1) is 6.70. The van der Waals surface area contributed by atoms with Crippen LogP contribution in [-0.4, -0.2) is 12.6 Å². The molecule has 74 valence electrons. The van der Waals surface area contributed by atoms with Crippen LogP contribution in [0.1, 0.15) is 12.5 Å². The molecule has 0 unspecified atom stereocenters. The van der Waals surface area contributed by atoms with Gasteiger partial charge in [0.2, 0.25) is 0 Å². The van der Waals surface area contributed by atoms with Crippen LogP contribution in [0.2, 0.25) is 5.02 Å². The van der Waals surface area contributed by atoms with Crippen LogP contribution < -0.4 is 0 Å². The minimum atomic E-state index is -0.284. The van der Waals surface area contributed by atoms with E-state index in [4.69, 9.17) is 16.3 Å². The number of rotatable bonds is 3. The Morgan fingerprint density at radius 2 is 2.21 bits per heavy atom. The van der Waals surface area contributed by atoms with E-state index in [1.807, 2.05) is 30.3 Å². The number of benzene rings is 1. The Morgan fingerprint density at radius 1 is 1.50 bits per heavy atom. The zero-order valence-corrected chi connectivity index (χ0v) is 8.62. The molecular weight excluding hydrogens is 200 g/mol. The Morgan fingerprint density at radius 3 is 2.86 bits per heavy atom. The summed E-state index contributed by atoms with van der Waals surface area (Å²) in [6.07, 6.45) is 3.58. The van der Waals surface area contributed by atoms with Crippen LogP contribution in [0.15, 0.2) is 30.3 Å². The molecule has 2 nitrogen and oxygen atoms in total. The minimum absolute atomic E-state index is 0.278. The Balaban J connectivity index is 2.52. The molecule has 0 aliphatic carbocycles. The molecule has 1 rings (SSSR count). The number of esters is 1. The quantitative estimate of drug-likeness (QED) is 0.718. The fourth-order valence-electron chi connectivity index (χ4n) is 0.951. The average Bonchev–Trinajstić information content (AvgIpc) is 2.15. The summed E-state index contributed by atoms with van der Waals surface area (Å²) in [5.41, 5.74) is 0.918. The average molecular weight is 211 g/mol. The van der Waals surface area contributed by atoms with Crippen molar-refractivity contribution in [3.8, 4) is 0 Å². The minimum Gasteiger partial charge on any atom is -0.462 e. The van der Waals surface area contributed by atoms with Gasteiger partial charge in [-0.1, -0.05) is 35.9 Å². The number of carbonyl (C=O) groups is 1. The van der Waals surface area contributed by atoms with E-state index < -0.39 is 0 Å². The molecule has 3 heteroatoms. The highest BCUT2D eigenvalue weighted by Crippen LogP contribution is 2.15. The maximum Gasteiger partial charge on any atom is 0.302 e. The molecule has 1 aromatic carbocycles. The SMILES string of the molecule is CC(=O)OCC=Cc1ccccc1Cl. The summed E-state index contributed by atoms with van der Waals surface area (Å²) in [4.78, 5) is 10.4. The van der Waals surface area contributed by atoms with Crippen molar-refractivity contribution in [1.82, 2.24) is 0 Å². The van der Waals surface area contributed by atoms with Gasteiger partial charge in [-0.3, -0.25) is 4.79 Å². The van der Waals surface area contributed by atoms with E-state index in [0.29, 0.717) is 5.02 Å². The van der Waals surface area contributed by atoms with Crippen molar-refractivity contribution in [3.63, 3.8) is 0 Å². The van der Waals surface area contributed by atoms with E-state index in [9.17, 15) is 4.79 Å². The molecule has 0 saturated carbocycles. The summed E-state index contributed by atoms with van der Waals surface area (Å²) in [5.74, 6) is -0.284. The smallest absolute Gasteiger partial charge is 0.302 e. The third kappa shape index (κ3) is 3.62. The van der Waals surface area contributed by atoms with E-state index in [1.54, 1.807) is 6.08 Å². The van der Waals surface area contributed by atoms with E-state index in [0.717, 1.165) is 5.56 Å². The van der Waals surface area contributed by atoms with Crippen LogP contribution in [0.3, 0.4) is 0 Å².